The molecule has 27 heavy (non-hydrogen) atoms. The van der Waals surface area contributed by atoms with E-state index in [2.05, 4.69) is 20.2 Å². The van der Waals surface area contributed by atoms with Gasteiger partial charge in [-0.05, 0) is 31.6 Å². The number of anilines is 1. The molecular formula is C18H29Cl2N5O2. The van der Waals surface area contributed by atoms with E-state index in [4.69, 9.17) is 4.74 Å². The van der Waals surface area contributed by atoms with E-state index in [0.29, 0.717) is 31.7 Å². The highest BCUT2D eigenvalue weighted by Crippen LogP contribution is 2.42. The van der Waals surface area contributed by atoms with E-state index in [-0.39, 0.29) is 30.7 Å². The first kappa shape index (κ1) is 22.1. The molecule has 2 atom stereocenters. The van der Waals surface area contributed by atoms with E-state index < -0.39 is 0 Å². The molecule has 1 aliphatic carbocycles. The number of nitrogens with zero attached hydrogens (tertiary/aromatic N) is 4. The number of halogens is 2. The summed E-state index contributed by atoms with van der Waals surface area (Å²) in [6.07, 6.45) is 4.24. The Morgan fingerprint density at radius 2 is 1.96 bits per heavy atom. The van der Waals surface area contributed by atoms with Crippen LogP contribution in [0.2, 0.25) is 0 Å². The number of aromatic nitrogens is 2. The fraction of sp³-hybridized carbons (Fsp3) is 0.722. The number of carbonyl (C=O) groups excluding carboxylic acids is 1. The first-order chi connectivity index (χ1) is 12.2. The molecule has 3 aliphatic rings. The number of hydrogen-bond acceptors (Lipinski definition) is 6. The Kier molecular flexibility index (Phi) is 8.09. The largest absolute Gasteiger partial charge is 0.378 e. The van der Waals surface area contributed by atoms with Crippen molar-refractivity contribution in [3.63, 3.8) is 0 Å². The van der Waals surface area contributed by atoms with Gasteiger partial charge in [-0.15, -0.1) is 24.8 Å². The molecule has 9 heteroatoms. The van der Waals surface area contributed by atoms with Gasteiger partial charge in [0.05, 0.1) is 19.8 Å². The highest BCUT2D eigenvalue weighted by Gasteiger charge is 2.43. The zero-order valence-corrected chi connectivity index (χ0v) is 17.3. The van der Waals surface area contributed by atoms with Crippen LogP contribution in [0.1, 0.15) is 18.5 Å². The lowest BCUT2D eigenvalue weighted by molar-refractivity contribution is -0.136. The number of ether oxygens (including phenoxy) is 1. The maximum Gasteiger partial charge on any atom is 0.236 e. The minimum atomic E-state index is 0. The van der Waals surface area contributed by atoms with Crippen LogP contribution in [0, 0.1) is 18.8 Å². The Labute approximate surface area is 173 Å². The molecule has 2 aliphatic heterocycles. The first-order valence-electron chi connectivity index (χ1n) is 9.32. The van der Waals surface area contributed by atoms with Crippen molar-refractivity contribution >= 4 is 36.5 Å². The summed E-state index contributed by atoms with van der Waals surface area (Å²) in [5.41, 5.74) is 0.970. The second-order valence-corrected chi connectivity index (χ2v) is 7.48. The summed E-state index contributed by atoms with van der Waals surface area (Å²) in [5, 5.41) is 3.60. The summed E-state index contributed by atoms with van der Waals surface area (Å²) in [5.74, 6) is 2.53. The first-order valence-corrected chi connectivity index (χ1v) is 9.32. The second kappa shape index (κ2) is 9.87. The van der Waals surface area contributed by atoms with Gasteiger partial charge in [0.25, 0.3) is 0 Å². The van der Waals surface area contributed by atoms with E-state index in [1.165, 1.54) is 12.8 Å². The molecule has 1 saturated carbocycles. The number of likely N-dealkylation sites (tertiary alicyclic amines) is 1. The number of hydrogen-bond donors (Lipinski definition) is 1. The van der Waals surface area contributed by atoms with Crippen LogP contribution in [-0.4, -0.2) is 77.7 Å². The molecule has 0 radical (unpaired) electrons. The molecule has 3 heterocycles. The third kappa shape index (κ3) is 5.67. The number of morpholine rings is 1. The standard InChI is InChI=1S/C18H27N5O2.2ClH/c1-13-8-17(20-12-19-13)21-16-10-22(9-15(16)14-2-3-14)11-18(24)23-4-6-25-7-5-23;;/h8,12,14-16H,2-7,9-11H2,1H3,(H,19,20,21);2*1H/t15-,16+;;/m1../s1. The maximum absolute atomic E-state index is 12.5. The van der Waals surface area contributed by atoms with Crippen LogP contribution in [0.25, 0.3) is 0 Å². The molecule has 0 spiro atoms. The molecular weight excluding hydrogens is 389 g/mol. The van der Waals surface area contributed by atoms with Gasteiger partial charge in [-0.2, -0.15) is 0 Å². The van der Waals surface area contributed by atoms with Crippen LogP contribution in [0.5, 0.6) is 0 Å². The Hall–Kier alpha value is -1.15. The second-order valence-electron chi connectivity index (χ2n) is 7.48. The zero-order valence-electron chi connectivity index (χ0n) is 15.7. The Morgan fingerprint density at radius 1 is 1.22 bits per heavy atom. The van der Waals surface area contributed by atoms with Crippen LogP contribution in [0.4, 0.5) is 5.82 Å². The predicted molar refractivity (Wildman–Crippen MR) is 109 cm³/mol. The molecule has 1 N–H and O–H groups in total. The van der Waals surface area contributed by atoms with Gasteiger partial charge < -0.3 is 15.0 Å². The number of carbonyl (C=O) groups is 1. The van der Waals surface area contributed by atoms with E-state index in [1.807, 2.05) is 17.9 Å². The summed E-state index contributed by atoms with van der Waals surface area (Å²) in [6.45, 7) is 7.17. The van der Waals surface area contributed by atoms with Crippen LogP contribution in [-0.2, 0) is 9.53 Å². The van der Waals surface area contributed by atoms with Crippen molar-refractivity contribution in [1.82, 2.24) is 19.8 Å². The van der Waals surface area contributed by atoms with Gasteiger partial charge in [-0.1, -0.05) is 0 Å². The number of rotatable bonds is 5. The normalized spacial score (nSPS) is 25.4. The molecule has 0 aromatic carbocycles. The Bertz CT molecular complexity index is 626. The summed E-state index contributed by atoms with van der Waals surface area (Å²) in [6, 6.07) is 2.35. The molecule has 0 unspecified atom stereocenters. The third-order valence-corrected chi connectivity index (χ3v) is 5.53. The molecule has 7 nitrogen and oxygen atoms in total. The Balaban J connectivity index is 0.00000131. The number of amides is 1. The maximum atomic E-state index is 12.5. The van der Waals surface area contributed by atoms with Crippen molar-refractivity contribution in [2.75, 3.05) is 51.3 Å². The van der Waals surface area contributed by atoms with E-state index in [1.54, 1.807) is 6.33 Å². The van der Waals surface area contributed by atoms with Crippen molar-refractivity contribution in [2.45, 2.75) is 25.8 Å². The van der Waals surface area contributed by atoms with Crippen LogP contribution in [0.3, 0.4) is 0 Å². The van der Waals surface area contributed by atoms with E-state index in [0.717, 1.165) is 43.6 Å². The van der Waals surface area contributed by atoms with Gasteiger partial charge in [0.15, 0.2) is 0 Å². The molecule has 4 rings (SSSR count). The monoisotopic (exact) mass is 417 g/mol. The van der Waals surface area contributed by atoms with Gasteiger partial charge in [0, 0.05) is 44.0 Å². The number of nitrogens with one attached hydrogen (secondary N) is 1. The highest BCUT2D eigenvalue weighted by atomic mass is 35.5. The summed E-state index contributed by atoms with van der Waals surface area (Å²) < 4.78 is 5.34. The van der Waals surface area contributed by atoms with E-state index >= 15 is 0 Å². The van der Waals surface area contributed by atoms with Crippen molar-refractivity contribution in [2.24, 2.45) is 11.8 Å². The molecule has 3 fully saturated rings. The summed E-state index contributed by atoms with van der Waals surface area (Å²) >= 11 is 0. The topological polar surface area (TPSA) is 70.6 Å². The van der Waals surface area contributed by atoms with Crippen molar-refractivity contribution < 1.29 is 9.53 Å². The lowest BCUT2D eigenvalue weighted by Crippen LogP contribution is -2.45. The van der Waals surface area contributed by atoms with Crippen molar-refractivity contribution in [1.29, 1.82) is 0 Å². The summed E-state index contributed by atoms with van der Waals surface area (Å²) in [4.78, 5) is 25.3. The van der Waals surface area contributed by atoms with Gasteiger partial charge in [0.1, 0.15) is 12.1 Å². The quantitative estimate of drug-likeness (QED) is 0.784. The van der Waals surface area contributed by atoms with Gasteiger partial charge in [-0.25, -0.2) is 9.97 Å². The number of aryl methyl sites for hydroxylation is 1. The summed E-state index contributed by atoms with van der Waals surface area (Å²) in [7, 11) is 0. The van der Waals surface area contributed by atoms with Crippen LogP contribution >= 0.6 is 24.8 Å². The molecule has 152 valence electrons. The smallest absolute Gasteiger partial charge is 0.236 e. The highest BCUT2D eigenvalue weighted by molar-refractivity contribution is 5.85. The molecule has 1 aromatic heterocycles. The zero-order chi connectivity index (χ0) is 17.2. The van der Waals surface area contributed by atoms with Crippen LogP contribution < -0.4 is 5.32 Å². The van der Waals surface area contributed by atoms with Crippen LogP contribution in [0.15, 0.2) is 12.4 Å². The minimum absolute atomic E-state index is 0. The minimum Gasteiger partial charge on any atom is -0.378 e. The van der Waals surface area contributed by atoms with Crippen molar-refractivity contribution in [3.05, 3.63) is 18.1 Å². The molecule has 1 amide bonds. The lowest BCUT2D eigenvalue weighted by atomic mass is 9.98. The SMILES string of the molecule is Cc1cc(N[C@H]2CN(CC(=O)N3CCOCC3)C[C@@H]2C2CC2)ncn1.Cl.Cl. The van der Waals surface area contributed by atoms with Gasteiger partial charge in [0.2, 0.25) is 5.91 Å². The third-order valence-electron chi connectivity index (χ3n) is 5.53. The average molecular weight is 418 g/mol. The van der Waals surface area contributed by atoms with Crippen molar-refractivity contribution in [3.8, 4) is 0 Å². The molecule has 1 aromatic rings. The molecule has 2 saturated heterocycles. The molecule has 0 bridgehead atoms. The average Bonchev–Trinajstić information content (AvgIpc) is 3.38. The van der Waals surface area contributed by atoms with E-state index in [9.17, 15) is 4.79 Å². The fourth-order valence-electron chi connectivity index (χ4n) is 4.02. The Morgan fingerprint density at radius 3 is 2.63 bits per heavy atom. The van der Waals surface area contributed by atoms with Gasteiger partial charge >= 0.3 is 0 Å². The lowest BCUT2D eigenvalue weighted by Gasteiger charge is -2.28. The van der Waals surface area contributed by atoms with Gasteiger partial charge in [-0.3, -0.25) is 9.69 Å². The predicted octanol–water partition coefficient (Wildman–Crippen LogP) is 1.61. The fourth-order valence-corrected chi connectivity index (χ4v) is 4.02.